The zero-order valence-electron chi connectivity index (χ0n) is 15.2. The Balaban J connectivity index is 2.03. The molecule has 2 atom stereocenters. The Labute approximate surface area is 158 Å². The number of hydrogen-bond donors (Lipinski definition) is 2. The molecule has 0 saturated carbocycles. The van der Waals surface area contributed by atoms with Crippen LogP contribution in [0, 0.1) is 11.7 Å². The van der Waals surface area contributed by atoms with E-state index in [0.717, 1.165) is 0 Å². The minimum Gasteiger partial charge on any atom is -0.480 e. The zero-order valence-corrected chi connectivity index (χ0v) is 15.2. The third-order valence-electron chi connectivity index (χ3n) is 4.49. The van der Waals surface area contributed by atoms with Crippen LogP contribution >= 0.6 is 0 Å². The fourth-order valence-corrected chi connectivity index (χ4v) is 3.24. The quantitative estimate of drug-likeness (QED) is 0.546. The van der Waals surface area contributed by atoms with Crippen LogP contribution in [0.5, 0.6) is 0 Å². The third-order valence-corrected chi connectivity index (χ3v) is 4.49. The fraction of sp³-hybridized carbons (Fsp3) is 0.350. The van der Waals surface area contributed by atoms with Gasteiger partial charge in [-0.1, -0.05) is 26.0 Å². The monoisotopic (exact) mass is 397 g/mol. The molecule has 0 spiro atoms. The Morgan fingerprint density at radius 2 is 1.82 bits per heavy atom. The van der Waals surface area contributed by atoms with E-state index in [2.05, 4.69) is 5.32 Å². The lowest BCUT2D eigenvalue weighted by Gasteiger charge is -2.26. The molecule has 4 nitrogen and oxygen atoms in total. The van der Waals surface area contributed by atoms with Gasteiger partial charge in [-0.15, -0.1) is 0 Å². The highest BCUT2D eigenvalue weighted by Gasteiger charge is 2.43. The number of hydrogen-bond acceptors (Lipinski definition) is 3. The van der Waals surface area contributed by atoms with E-state index in [1.165, 1.54) is 36.4 Å². The van der Waals surface area contributed by atoms with Gasteiger partial charge in [0.1, 0.15) is 29.1 Å². The van der Waals surface area contributed by atoms with Crippen LogP contribution in [0.4, 0.5) is 17.6 Å². The standard InChI is InChI=1S/C20H19F4NO3/c1-10(2)7-15(19(26)27)25-18(20(22,23)24)11-3-5-13-14-9-12(21)4-6-16(14)28-17(13)8-11/h3-6,8-10,15,18,25H,7H2,1-2H3,(H,26,27). The second kappa shape index (κ2) is 7.43. The van der Waals surface area contributed by atoms with Crippen molar-refractivity contribution in [3.05, 3.63) is 47.8 Å². The van der Waals surface area contributed by atoms with Gasteiger partial charge in [0, 0.05) is 10.8 Å². The molecule has 0 aliphatic carbocycles. The van der Waals surface area contributed by atoms with E-state index in [4.69, 9.17) is 4.42 Å². The molecule has 2 aromatic carbocycles. The lowest BCUT2D eigenvalue weighted by Crippen LogP contribution is -2.45. The number of aliphatic carboxylic acids is 1. The Bertz CT molecular complexity index is 1010. The molecule has 8 heteroatoms. The van der Waals surface area contributed by atoms with Gasteiger partial charge in [-0.25, -0.2) is 4.39 Å². The Morgan fingerprint density at radius 1 is 1.11 bits per heavy atom. The largest absolute Gasteiger partial charge is 0.480 e. The summed E-state index contributed by atoms with van der Waals surface area (Å²) in [4.78, 5) is 11.4. The van der Waals surface area contributed by atoms with Crippen LogP contribution in [-0.4, -0.2) is 23.3 Å². The van der Waals surface area contributed by atoms with E-state index in [9.17, 15) is 27.5 Å². The summed E-state index contributed by atoms with van der Waals surface area (Å²) in [6, 6.07) is 4.22. The number of halogens is 4. The van der Waals surface area contributed by atoms with Crippen LogP contribution in [-0.2, 0) is 4.79 Å². The number of rotatable bonds is 6. The molecule has 3 aromatic rings. The molecule has 0 amide bonds. The highest BCUT2D eigenvalue weighted by molar-refractivity contribution is 6.05. The van der Waals surface area contributed by atoms with E-state index in [1.54, 1.807) is 13.8 Å². The summed E-state index contributed by atoms with van der Waals surface area (Å²) in [5.41, 5.74) is 0.354. The molecule has 0 radical (unpaired) electrons. The first-order valence-electron chi connectivity index (χ1n) is 8.73. The number of nitrogens with one attached hydrogen (secondary N) is 1. The number of carboxylic acids is 1. The van der Waals surface area contributed by atoms with E-state index in [0.29, 0.717) is 16.4 Å². The van der Waals surface area contributed by atoms with Gasteiger partial charge < -0.3 is 9.52 Å². The van der Waals surface area contributed by atoms with Gasteiger partial charge in [-0.05, 0) is 42.2 Å². The molecule has 150 valence electrons. The van der Waals surface area contributed by atoms with Gasteiger partial charge in [-0.2, -0.15) is 13.2 Å². The predicted octanol–water partition coefficient (Wildman–Crippen LogP) is 5.42. The molecular weight excluding hydrogens is 378 g/mol. The maximum atomic E-state index is 13.7. The number of fused-ring (bicyclic) bond motifs is 3. The molecule has 1 heterocycles. The van der Waals surface area contributed by atoms with Crippen molar-refractivity contribution < 1.29 is 31.9 Å². The van der Waals surface area contributed by atoms with Crippen LogP contribution < -0.4 is 5.32 Å². The predicted molar refractivity (Wildman–Crippen MR) is 96.5 cm³/mol. The van der Waals surface area contributed by atoms with Crippen LogP contribution in [0.1, 0.15) is 31.9 Å². The lowest BCUT2D eigenvalue weighted by molar-refractivity contribution is -0.163. The number of benzene rings is 2. The molecule has 1 aromatic heterocycles. The summed E-state index contributed by atoms with van der Waals surface area (Å²) < 4.78 is 60.1. The van der Waals surface area contributed by atoms with Gasteiger partial charge in [0.05, 0.1) is 0 Å². The smallest absolute Gasteiger partial charge is 0.407 e. The molecule has 0 saturated heterocycles. The first-order chi connectivity index (χ1) is 13.1. The summed E-state index contributed by atoms with van der Waals surface area (Å²) in [6.07, 6.45) is -4.66. The van der Waals surface area contributed by atoms with Crippen molar-refractivity contribution in [3.8, 4) is 0 Å². The lowest BCUT2D eigenvalue weighted by atomic mass is 9.99. The normalized spacial score (nSPS) is 14.7. The third kappa shape index (κ3) is 4.11. The number of carboxylic acid groups (broad SMARTS) is 1. The van der Waals surface area contributed by atoms with Crippen molar-refractivity contribution in [1.82, 2.24) is 5.32 Å². The molecule has 0 aliphatic heterocycles. The molecule has 3 rings (SSSR count). The topological polar surface area (TPSA) is 62.5 Å². The van der Waals surface area contributed by atoms with Gasteiger partial charge in [0.25, 0.3) is 0 Å². The first kappa shape index (κ1) is 20.1. The average molecular weight is 397 g/mol. The second-order valence-electron chi connectivity index (χ2n) is 7.16. The molecule has 0 aliphatic rings. The second-order valence-corrected chi connectivity index (χ2v) is 7.16. The molecule has 2 unspecified atom stereocenters. The van der Waals surface area contributed by atoms with Gasteiger partial charge >= 0.3 is 12.1 Å². The van der Waals surface area contributed by atoms with Crippen LogP contribution in [0.2, 0.25) is 0 Å². The van der Waals surface area contributed by atoms with Crippen molar-refractivity contribution in [1.29, 1.82) is 0 Å². The number of alkyl halides is 3. The highest BCUT2D eigenvalue weighted by atomic mass is 19.4. The maximum absolute atomic E-state index is 13.7. The van der Waals surface area contributed by atoms with Gasteiger partial charge in [0.2, 0.25) is 0 Å². The Hall–Kier alpha value is -2.61. The van der Waals surface area contributed by atoms with Crippen molar-refractivity contribution in [2.75, 3.05) is 0 Å². The molecular formula is C20H19F4NO3. The summed E-state index contributed by atoms with van der Waals surface area (Å²) in [7, 11) is 0. The minimum atomic E-state index is -4.71. The summed E-state index contributed by atoms with van der Waals surface area (Å²) in [5.74, 6) is -1.93. The van der Waals surface area contributed by atoms with E-state index < -0.39 is 30.0 Å². The van der Waals surface area contributed by atoms with Gasteiger partial charge in [0.15, 0.2) is 0 Å². The van der Waals surface area contributed by atoms with E-state index in [1.807, 2.05) is 0 Å². The SMILES string of the molecule is CC(C)CC(NC(c1ccc2c(c1)oc1ccc(F)cc12)C(F)(F)F)C(=O)O. The Morgan fingerprint density at radius 3 is 2.43 bits per heavy atom. The minimum absolute atomic E-state index is 0.0497. The van der Waals surface area contributed by atoms with Crippen LogP contribution in [0.3, 0.4) is 0 Å². The highest BCUT2D eigenvalue weighted by Crippen LogP contribution is 2.37. The molecule has 28 heavy (non-hydrogen) atoms. The molecule has 0 fully saturated rings. The van der Waals surface area contributed by atoms with Crippen LogP contribution in [0.15, 0.2) is 40.8 Å². The maximum Gasteiger partial charge on any atom is 0.407 e. The van der Waals surface area contributed by atoms with E-state index in [-0.39, 0.29) is 23.5 Å². The van der Waals surface area contributed by atoms with Crippen molar-refractivity contribution >= 4 is 27.9 Å². The molecule has 2 N–H and O–H groups in total. The Kier molecular flexibility index (Phi) is 5.34. The number of furan rings is 1. The first-order valence-corrected chi connectivity index (χ1v) is 8.73. The van der Waals surface area contributed by atoms with E-state index >= 15 is 0 Å². The summed E-state index contributed by atoms with van der Waals surface area (Å²) >= 11 is 0. The van der Waals surface area contributed by atoms with Crippen molar-refractivity contribution in [2.45, 2.75) is 38.5 Å². The van der Waals surface area contributed by atoms with Crippen LogP contribution in [0.25, 0.3) is 21.9 Å². The summed E-state index contributed by atoms with van der Waals surface area (Å²) in [6.45, 7) is 3.47. The van der Waals surface area contributed by atoms with Crippen molar-refractivity contribution in [3.63, 3.8) is 0 Å². The number of carbonyl (C=O) groups is 1. The van der Waals surface area contributed by atoms with Crippen molar-refractivity contribution in [2.24, 2.45) is 5.92 Å². The average Bonchev–Trinajstić information content (AvgIpc) is 2.93. The fourth-order valence-electron chi connectivity index (χ4n) is 3.24. The summed E-state index contributed by atoms with van der Waals surface area (Å²) in [5, 5.41) is 12.5. The zero-order chi connectivity index (χ0) is 20.6. The van der Waals surface area contributed by atoms with Gasteiger partial charge in [-0.3, -0.25) is 10.1 Å². The molecule has 0 bridgehead atoms.